The molecule has 2 nitrogen and oxygen atoms in total. The van der Waals surface area contributed by atoms with Gasteiger partial charge in [0.15, 0.2) is 0 Å². The number of nitrogens with one attached hydrogen (secondary N) is 1. The largest absolute Gasteiger partial charge is 0.305 e. The van der Waals surface area contributed by atoms with Crippen molar-refractivity contribution in [1.29, 1.82) is 0 Å². The van der Waals surface area contributed by atoms with Gasteiger partial charge in [-0.3, -0.25) is 4.98 Å². The summed E-state index contributed by atoms with van der Waals surface area (Å²) in [5, 5.41) is 3.69. The van der Waals surface area contributed by atoms with Crippen molar-refractivity contribution < 1.29 is 0 Å². The topological polar surface area (TPSA) is 24.9 Å². The molecule has 0 radical (unpaired) electrons. The molecule has 2 atom stereocenters. The average molecular weight is 259 g/mol. The van der Waals surface area contributed by atoms with Gasteiger partial charge in [0.1, 0.15) is 0 Å². The first-order valence-electron chi connectivity index (χ1n) is 6.19. The molecule has 0 bridgehead atoms. The van der Waals surface area contributed by atoms with Gasteiger partial charge in [-0.25, -0.2) is 0 Å². The van der Waals surface area contributed by atoms with Gasteiger partial charge in [-0.05, 0) is 35.2 Å². The highest BCUT2D eigenvalue weighted by Gasteiger charge is 2.29. The zero-order chi connectivity index (χ0) is 12.4. The quantitative estimate of drug-likeness (QED) is 0.856. The zero-order valence-corrected chi connectivity index (χ0v) is 10.8. The van der Waals surface area contributed by atoms with E-state index in [1.807, 2.05) is 24.5 Å². The number of fused-ring (bicyclic) bond motifs is 1. The summed E-state index contributed by atoms with van der Waals surface area (Å²) in [7, 11) is 0. The van der Waals surface area contributed by atoms with Crippen molar-refractivity contribution in [3.8, 4) is 0 Å². The Balaban J connectivity index is 1.74. The minimum Gasteiger partial charge on any atom is -0.305 e. The molecular formula is C15H15ClN2. The Labute approximate surface area is 112 Å². The summed E-state index contributed by atoms with van der Waals surface area (Å²) in [4.78, 5) is 4.02. The number of hydrogen-bond donors (Lipinski definition) is 1. The smallest absolute Gasteiger partial charge is 0.0571 e. The normalized spacial score (nSPS) is 21.8. The molecule has 1 aliphatic rings. The van der Waals surface area contributed by atoms with Gasteiger partial charge in [0.25, 0.3) is 0 Å². The van der Waals surface area contributed by atoms with Crippen molar-refractivity contribution in [3.63, 3.8) is 0 Å². The van der Waals surface area contributed by atoms with Crippen LogP contribution in [0.4, 0.5) is 0 Å². The van der Waals surface area contributed by atoms with Gasteiger partial charge in [0.05, 0.1) is 5.38 Å². The lowest BCUT2D eigenvalue weighted by Gasteiger charge is -2.17. The highest BCUT2D eigenvalue weighted by molar-refractivity contribution is 6.21. The first kappa shape index (κ1) is 11.7. The maximum Gasteiger partial charge on any atom is 0.0571 e. The van der Waals surface area contributed by atoms with Gasteiger partial charge >= 0.3 is 0 Å². The molecule has 18 heavy (non-hydrogen) atoms. The summed E-state index contributed by atoms with van der Waals surface area (Å²) < 4.78 is 0. The molecule has 0 aliphatic heterocycles. The second-order valence-corrected chi connectivity index (χ2v) is 5.19. The molecule has 0 saturated carbocycles. The third-order valence-corrected chi connectivity index (χ3v) is 3.85. The van der Waals surface area contributed by atoms with Crippen molar-refractivity contribution in [2.45, 2.75) is 24.4 Å². The Morgan fingerprint density at radius 1 is 1.17 bits per heavy atom. The number of pyridine rings is 1. The standard InChI is InChI=1S/C15H15ClN2/c16-14-9-12-3-1-2-4-13(12)15(14)18-10-11-5-7-17-8-6-11/h1-8,14-15,18H,9-10H2. The lowest BCUT2D eigenvalue weighted by Crippen LogP contribution is -2.25. The fraction of sp³-hybridized carbons (Fsp3) is 0.267. The third-order valence-electron chi connectivity index (χ3n) is 3.44. The molecule has 0 spiro atoms. The molecule has 1 heterocycles. The second-order valence-electron chi connectivity index (χ2n) is 4.63. The Morgan fingerprint density at radius 3 is 2.78 bits per heavy atom. The number of rotatable bonds is 3. The summed E-state index contributed by atoms with van der Waals surface area (Å²) >= 11 is 6.43. The maximum atomic E-state index is 6.43. The van der Waals surface area contributed by atoms with E-state index in [1.54, 1.807) is 0 Å². The van der Waals surface area contributed by atoms with Crippen LogP contribution in [0.15, 0.2) is 48.8 Å². The molecule has 0 saturated heterocycles. The maximum absolute atomic E-state index is 6.43. The van der Waals surface area contributed by atoms with E-state index in [9.17, 15) is 0 Å². The fourth-order valence-electron chi connectivity index (χ4n) is 2.51. The van der Waals surface area contributed by atoms with Gasteiger partial charge in [-0.2, -0.15) is 0 Å². The molecular weight excluding hydrogens is 244 g/mol. The minimum absolute atomic E-state index is 0.143. The number of nitrogens with zero attached hydrogens (tertiary/aromatic N) is 1. The van der Waals surface area contributed by atoms with Crippen molar-refractivity contribution >= 4 is 11.6 Å². The van der Waals surface area contributed by atoms with E-state index in [1.165, 1.54) is 16.7 Å². The number of benzene rings is 1. The molecule has 1 aromatic heterocycles. The molecule has 0 fully saturated rings. The van der Waals surface area contributed by atoms with Crippen LogP contribution in [0, 0.1) is 0 Å². The monoisotopic (exact) mass is 258 g/mol. The van der Waals surface area contributed by atoms with E-state index in [0.29, 0.717) is 0 Å². The van der Waals surface area contributed by atoms with Crippen LogP contribution in [0.1, 0.15) is 22.7 Å². The number of alkyl halides is 1. The summed E-state index contributed by atoms with van der Waals surface area (Å²) in [6, 6.07) is 12.8. The van der Waals surface area contributed by atoms with Gasteiger partial charge in [0, 0.05) is 25.0 Å². The molecule has 0 amide bonds. The highest BCUT2D eigenvalue weighted by atomic mass is 35.5. The molecule has 3 rings (SSSR count). The molecule has 1 aromatic carbocycles. The predicted molar refractivity (Wildman–Crippen MR) is 73.6 cm³/mol. The number of halogens is 1. The van der Waals surface area contributed by atoms with E-state index in [-0.39, 0.29) is 11.4 Å². The molecule has 92 valence electrons. The SMILES string of the molecule is ClC1Cc2ccccc2C1NCc1ccncc1. The summed E-state index contributed by atoms with van der Waals surface area (Å²) in [5.41, 5.74) is 3.94. The van der Waals surface area contributed by atoms with Gasteiger partial charge in [-0.15, -0.1) is 11.6 Å². The van der Waals surface area contributed by atoms with Crippen LogP contribution in [0.2, 0.25) is 0 Å². The predicted octanol–water partition coefficient (Wildman–Crippen LogP) is 3.08. The van der Waals surface area contributed by atoms with Gasteiger partial charge in [0.2, 0.25) is 0 Å². The van der Waals surface area contributed by atoms with Crippen molar-refractivity contribution in [2.24, 2.45) is 0 Å². The van der Waals surface area contributed by atoms with E-state index in [2.05, 4.69) is 34.6 Å². The molecule has 3 heteroatoms. The zero-order valence-electron chi connectivity index (χ0n) is 10.0. The highest BCUT2D eigenvalue weighted by Crippen LogP contribution is 2.34. The third kappa shape index (κ3) is 2.26. The first-order chi connectivity index (χ1) is 8.84. The second kappa shape index (κ2) is 5.09. The van der Waals surface area contributed by atoms with Crippen LogP contribution in [-0.2, 0) is 13.0 Å². The summed E-state index contributed by atoms with van der Waals surface area (Å²) in [6.45, 7) is 0.824. The first-order valence-corrected chi connectivity index (χ1v) is 6.62. The van der Waals surface area contributed by atoms with Crippen LogP contribution in [-0.4, -0.2) is 10.4 Å². The molecule has 2 aromatic rings. The number of aromatic nitrogens is 1. The Kier molecular flexibility index (Phi) is 3.31. The van der Waals surface area contributed by atoms with E-state index >= 15 is 0 Å². The van der Waals surface area contributed by atoms with Crippen molar-refractivity contribution in [2.75, 3.05) is 0 Å². The van der Waals surface area contributed by atoms with E-state index < -0.39 is 0 Å². The van der Waals surface area contributed by atoms with E-state index in [4.69, 9.17) is 11.6 Å². The van der Waals surface area contributed by atoms with Gasteiger partial charge < -0.3 is 5.32 Å². The lowest BCUT2D eigenvalue weighted by atomic mass is 10.1. The summed E-state index contributed by atoms with van der Waals surface area (Å²) in [6.07, 6.45) is 4.58. The van der Waals surface area contributed by atoms with Gasteiger partial charge in [-0.1, -0.05) is 24.3 Å². The fourth-order valence-corrected chi connectivity index (χ4v) is 2.90. The van der Waals surface area contributed by atoms with Crippen LogP contribution >= 0.6 is 11.6 Å². The van der Waals surface area contributed by atoms with E-state index in [0.717, 1.165) is 13.0 Å². The Morgan fingerprint density at radius 2 is 1.94 bits per heavy atom. The lowest BCUT2D eigenvalue weighted by molar-refractivity contribution is 0.536. The van der Waals surface area contributed by atoms with Crippen molar-refractivity contribution in [1.82, 2.24) is 10.3 Å². The Bertz CT molecular complexity index is 527. The van der Waals surface area contributed by atoms with Crippen molar-refractivity contribution in [3.05, 3.63) is 65.5 Å². The Hall–Kier alpha value is -1.38. The van der Waals surface area contributed by atoms with Crippen LogP contribution < -0.4 is 5.32 Å². The average Bonchev–Trinajstić information content (AvgIpc) is 2.73. The van der Waals surface area contributed by atoms with Crippen LogP contribution in [0.3, 0.4) is 0 Å². The number of hydrogen-bond acceptors (Lipinski definition) is 2. The van der Waals surface area contributed by atoms with Crippen LogP contribution in [0.5, 0.6) is 0 Å². The molecule has 1 N–H and O–H groups in total. The minimum atomic E-state index is 0.143. The molecule has 2 unspecified atom stereocenters. The van der Waals surface area contributed by atoms with Crippen LogP contribution in [0.25, 0.3) is 0 Å². The summed E-state index contributed by atoms with van der Waals surface area (Å²) in [5.74, 6) is 0. The molecule has 1 aliphatic carbocycles.